The molecule has 0 atom stereocenters. The van der Waals surface area contributed by atoms with Crippen LogP contribution in [0.2, 0.25) is 0 Å². The lowest BCUT2D eigenvalue weighted by molar-refractivity contribution is -0.0459. The number of aromatic nitrogens is 2. The maximum atomic E-state index is 5.50. The Bertz CT molecular complexity index is 745. The molecule has 1 aromatic heterocycles. The minimum Gasteiger partial charge on any atom is -0.377 e. The first kappa shape index (κ1) is 21.4. The van der Waals surface area contributed by atoms with E-state index in [2.05, 4.69) is 47.4 Å². The average Bonchev–Trinajstić information content (AvgIpc) is 3.54. The van der Waals surface area contributed by atoms with E-state index >= 15 is 0 Å². The Kier molecular flexibility index (Phi) is 7.42. The molecule has 2 aliphatic carbocycles. The molecule has 3 fully saturated rings. The summed E-state index contributed by atoms with van der Waals surface area (Å²) in [7, 11) is 2.24. The van der Waals surface area contributed by atoms with Crippen molar-refractivity contribution in [3.05, 3.63) is 35.8 Å². The number of nitrogens with zero attached hydrogens (tertiary/aromatic N) is 3. The summed E-state index contributed by atoms with van der Waals surface area (Å²) in [5, 5.41) is 3.61. The van der Waals surface area contributed by atoms with Gasteiger partial charge in [0.05, 0.1) is 24.9 Å². The molecular weight excluding hydrogens is 372 g/mol. The van der Waals surface area contributed by atoms with Gasteiger partial charge in [-0.2, -0.15) is 0 Å². The number of unbranched alkanes of at least 4 members (excludes halogenated alkanes) is 1. The summed E-state index contributed by atoms with van der Waals surface area (Å²) in [6.07, 6.45) is 19.0. The minimum absolute atomic E-state index is 0.481. The second kappa shape index (κ2) is 10.4. The zero-order valence-electron chi connectivity index (χ0n) is 18.8. The third-order valence-electron chi connectivity index (χ3n) is 6.69. The van der Waals surface area contributed by atoms with E-state index in [9.17, 15) is 0 Å². The first-order valence-electron chi connectivity index (χ1n) is 12.0. The van der Waals surface area contributed by atoms with Gasteiger partial charge in [-0.15, -0.1) is 0 Å². The fourth-order valence-electron chi connectivity index (χ4n) is 4.41. The molecule has 30 heavy (non-hydrogen) atoms. The molecule has 0 unspecified atom stereocenters. The van der Waals surface area contributed by atoms with Crippen LogP contribution in [0.4, 0.5) is 5.95 Å². The molecule has 0 amide bonds. The van der Waals surface area contributed by atoms with E-state index in [0.29, 0.717) is 12.1 Å². The summed E-state index contributed by atoms with van der Waals surface area (Å²) in [4.78, 5) is 12.0. The Balaban J connectivity index is 1.64. The van der Waals surface area contributed by atoms with Gasteiger partial charge in [0.2, 0.25) is 5.95 Å². The van der Waals surface area contributed by atoms with Gasteiger partial charge in [-0.1, -0.05) is 44.8 Å². The van der Waals surface area contributed by atoms with Crippen molar-refractivity contribution in [2.24, 2.45) is 5.92 Å². The molecule has 5 nitrogen and oxygen atoms in total. The Morgan fingerprint density at radius 3 is 2.67 bits per heavy atom. The fourth-order valence-corrected chi connectivity index (χ4v) is 4.41. The number of hydrogen-bond donors (Lipinski definition) is 1. The number of rotatable bonds is 10. The monoisotopic (exact) mass is 410 g/mol. The second-order valence-electron chi connectivity index (χ2n) is 9.25. The van der Waals surface area contributed by atoms with Gasteiger partial charge < -0.3 is 15.0 Å². The van der Waals surface area contributed by atoms with Gasteiger partial charge in [-0.25, -0.2) is 9.97 Å². The van der Waals surface area contributed by atoms with Gasteiger partial charge in [0.1, 0.15) is 0 Å². The zero-order chi connectivity index (χ0) is 20.8. The van der Waals surface area contributed by atoms with E-state index in [1.807, 2.05) is 6.20 Å². The number of hydrogen-bond acceptors (Lipinski definition) is 5. The molecule has 5 heteroatoms. The van der Waals surface area contributed by atoms with Gasteiger partial charge in [-0.05, 0) is 50.5 Å². The van der Waals surface area contributed by atoms with Crippen molar-refractivity contribution in [3.8, 4) is 0 Å². The summed E-state index contributed by atoms with van der Waals surface area (Å²) in [6, 6.07) is 3.07. The van der Waals surface area contributed by atoms with Gasteiger partial charge in [0.25, 0.3) is 0 Å². The predicted molar refractivity (Wildman–Crippen MR) is 123 cm³/mol. The molecule has 1 N–H and O–H groups in total. The number of likely N-dealkylation sites (N-methyl/N-ethyl adjacent to an activating group) is 1. The van der Waals surface area contributed by atoms with E-state index in [-0.39, 0.29) is 0 Å². The van der Waals surface area contributed by atoms with Crippen LogP contribution >= 0.6 is 0 Å². The highest BCUT2D eigenvalue weighted by Crippen LogP contribution is 2.39. The molecule has 0 spiro atoms. The molecule has 1 aromatic rings. The summed E-state index contributed by atoms with van der Waals surface area (Å²) < 4.78 is 5.50. The quantitative estimate of drug-likeness (QED) is 0.522. The van der Waals surface area contributed by atoms with Crippen molar-refractivity contribution >= 4 is 11.5 Å². The van der Waals surface area contributed by atoms with E-state index in [1.54, 1.807) is 0 Å². The van der Waals surface area contributed by atoms with Crippen LogP contribution in [-0.2, 0) is 4.74 Å². The molecule has 2 saturated carbocycles. The van der Waals surface area contributed by atoms with Crippen LogP contribution in [0.3, 0.4) is 0 Å². The third-order valence-corrected chi connectivity index (χ3v) is 6.69. The topological polar surface area (TPSA) is 50.3 Å². The highest BCUT2D eigenvalue weighted by Gasteiger charge is 2.31. The van der Waals surface area contributed by atoms with Crippen molar-refractivity contribution < 1.29 is 4.74 Å². The molecule has 1 aliphatic heterocycles. The van der Waals surface area contributed by atoms with E-state index in [4.69, 9.17) is 9.72 Å². The highest BCUT2D eigenvalue weighted by atomic mass is 16.5. The molecule has 2 heterocycles. The Labute approximate surface area is 182 Å². The average molecular weight is 411 g/mol. The lowest BCUT2D eigenvalue weighted by Gasteiger charge is -2.38. The van der Waals surface area contributed by atoms with Crippen molar-refractivity contribution in [3.63, 3.8) is 0 Å². The van der Waals surface area contributed by atoms with Crippen LogP contribution in [0, 0.1) is 5.92 Å². The first-order valence-corrected chi connectivity index (χ1v) is 12.0. The summed E-state index contributed by atoms with van der Waals surface area (Å²) in [5.74, 6) is 1.60. The summed E-state index contributed by atoms with van der Waals surface area (Å²) in [5.41, 5.74) is 3.72. The molecular formula is C25H38N4O. The fraction of sp³-hybridized carbons (Fsp3) is 0.680. The maximum absolute atomic E-state index is 5.50. The normalized spacial score (nSPS) is 21.4. The van der Waals surface area contributed by atoms with Crippen LogP contribution in [0.25, 0.3) is 5.57 Å². The lowest BCUT2D eigenvalue weighted by Crippen LogP contribution is -2.46. The maximum Gasteiger partial charge on any atom is 0.223 e. The standard InChI is InChI=1S/C25H38N4O/c1-3-4-6-11-22(24(16-19-12-13-19)29(2)21-17-30-18-21)23-14-15-26-25(28-23)27-20-9-7-5-8-10-20/h6,11,14-15,19-21H,3-5,7-10,12-13,16-18H2,1-2H3,(H,26,27,28)/b11-6+,24-22+. The van der Waals surface area contributed by atoms with Crippen LogP contribution in [0.1, 0.15) is 76.8 Å². The largest absolute Gasteiger partial charge is 0.377 e. The van der Waals surface area contributed by atoms with E-state index in [1.165, 1.54) is 56.2 Å². The van der Waals surface area contributed by atoms with Crippen molar-refractivity contribution in [1.29, 1.82) is 0 Å². The molecule has 3 aliphatic rings. The number of nitrogens with one attached hydrogen (secondary N) is 1. The van der Waals surface area contributed by atoms with E-state index in [0.717, 1.165) is 50.0 Å². The number of anilines is 1. The SMILES string of the molecule is CCC/C=C/C(=C(/CC1CC1)N(C)C1COC1)c1ccnc(NC2CCCCC2)n1. The van der Waals surface area contributed by atoms with Crippen molar-refractivity contribution in [2.75, 3.05) is 25.6 Å². The summed E-state index contributed by atoms with van der Waals surface area (Å²) in [6.45, 7) is 3.89. The highest BCUT2D eigenvalue weighted by molar-refractivity contribution is 5.74. The second-order valence-corrected chi connectivity index (χ2v) is 9.25. The van der Waals surface area contributed by atoms with Gasteiger partial charge in [0, 0.05) is 30.6 Å². The van der Waals surface area contributed by atoms with Crippen molar-refractivity contribution in [1.82, 2.24) is 14.9 Å². The van der Waals surface area contributed by atoms with Crippen LogP contribution in [0.5, 0.6) is 0 Å². The molecule has 164 valence electrons. The molecule has 4 rings (SSSR count). The Morgan fingerprint density at radius 2 is 2.00 bits per heavy atom. The number of ether oxygens (including phenoxy) is 1. The Hall–Kier alpha value is -1.88. The van der Waals surface area contributed by atoms with Gasteiger partial charge >= 0.3 is 0 Å². The van der Waals surface area contributed by atoms with Gasteiger partial charge in [0.15, 0.2) is 0 Å². The van der Waals surface area contributed by atoms with E-state index < -0.39 is 0 Å². The Morgan fingerprint density at radius 1 is 1.20 bits per heavy atom. The van der Waals surface area contributed by atoms with Crippen LogP contribution < -0.4 is 5.32 Å². The summed E-state index contributed by atoms with van der Waals surface area (Å²) >= 11 is 0. The molecule has 0 radical (unpaired) electrons. The third kappa shape index (κ3) is 5.63. The van der Waals surface area contributed by atoms with Gasteiger partial charge in [-0.3, -0.25) is 0 Å². The van der Waals surface area contributed by atoms with Crippen molar-refractivity contribution in [2.45, 2.75) is 83.2 Å². The minimum atomic E-state index is 0.481. The van der Waals surface area contributed by atoms with Crippen LogP contribution in [0.15, 0.2) is 30.1 Å². The number of allylic oxidation sites excluding steroid dienone is 4. The smallest absolute Gasteiger partial charge is 0.223 e. The predicted octanol–water partition coefficient (Wildman–Crippen LogP) is 5.42. The molecule has 0 aromatic carbocycles. The molecule has 1 saturated heterocycles. The zero-order valence-corrected chi connectivity index (χ0v) is 18.8. The van der Waals surface area contributed by atoms with Crippen LogP contribution in [-0.4, -0.2) is 47.2 Å². The first-order chi connectivity index (χ1) is 14.7. The lowest BCUT2D eigenvalue weighted by atomic mass is 9.96. The molecule has 0 bridgehead atoms.